The number of nitrogens with one attached hydrogen (secondary N) is 1. The maximum atomic E-state index is 13.9. The average Bonchev–Trinajstić information content (AvgIpc) is 3.27. The molecule has 3 N–H and O–H groups in total. The van der Waals surface area contributed by atoms with Gasteiger partial charge in [-0.15, -0.1) is 0 Å². The van der Waals surface area contributed by atoms with Crippen LogP contribution < -0.4 is 15.8 Å². The van der Waals surface area contributed by atoms with Crippen LogP contribution in [0.3, 0.4) is 0 Å². The topological polar surface area (TPSA) is 67.6 Å². The molecule has 0 aromatic heterocycles. The van der Waals surface area contributed by atoms with Crippen LogP contribution in [-0.2, 0) is 0 Å². The lowest BCUT2D eigenvalue weighted by molar-refractivity contribution is 0.0709. The van der Waals surface area contributed by atoms with Crippen LogP contribution in [0.5, 0.6) is 5.75 Å². The molecule has 2 fully saturated rings. The number of hydrogen-bond donors (Lipinski definition) is 2. The maximum absolute atomic E-state index is 13.9. The Morgan fingerprint density at radius 1 is 1.29 bits per heavy atom. The van der Waals surface area contributed by atoms with Crippen molar-refractivity contribution in [1.29, 1.82) is 0 Å². The molecule has 1 amide bonds. The highest BCUT2D eigenvalue weighted by Crippen LogP contribution is 2.44. The Balaban J connectivity index is 1.71. The van der Waals surface area contributed by atoms with Gasteiger partial charge in [0.1, 0.15) is 18.2 Å². The fourth-order valence-corrected chi connectivity index (χ4v) is 4.54. The number of likely N-dealkylation sites (tertiary alicyclic amines) is 1. The minimum Gasteiger partial charge on any atom is -0.491 e. The SMILES string of the molecule is NCCOc1ccc(Cl)cc1C(=O)N1C[C@@H]2CNC[C@@H]2[C@@H]1c1cccc(F)c1. The van der Waals surface area contributed by atoms with E-state index in [4.69, 9.17) is 22.1 Å². The summed E-state index contributed by atoms with van der Waals surface area (Å²) in [4.78, 5) is 15.4. The molecule has 5 nitrogen and oxygen atoms in total. The fraction of sp³-hybridized carbons (Fsp3) is 0.381. The van der Waals surface area contributed by atoms with Crippen molar-refractivity contribution in [3.8, 4) is 5.75 Å². The van der Waals surface area contributed by atoms with E-state index in [-0.39, 0.29) is 23.7 Å². The van der Waals surface area contributed by atoms with E-state index in [0.29, 0.717) is 41.9 Å². The number of benzene rings is 2. The number of ether oxygens (including phenoxy) is 1. The molecular formula is C21H23ClFN3O2. The van der Waals surface area contributed by atoms with Crippen LogP contribution in [0.25, 0.3) is 0 Å². The normalized spacial score (nSPS) is 23.7. The Kier molecular flexibility index (Phi) is 5.53. The van der Waals surface area contributed by atoms with E-state index in [1.807, 2.05) is 11.0 Å². The molecular weight excluding hydrogens is 381 g/mol. The Labute approximate surface area is 168 Å². The molecule has 0 unspecified atom stereocenters. The summed E-state index contributed by atoms with van der Waals surface area (Å²) < 4.78 is 19.6. The van der Waals surface area contributed by atoms with Gasteiger partial charge in [-0.2, -0.15) is 0 Å². The van der Waals surface area contributed by atoms with Gasteiger partial charge < -0.3 is 20.7 Å². The number of nitrogens with zero attached hydrogens (tertiary/aromatic N) is 1. The molecule has 2 aliphatic heterocycles. The van der Waals surface area contributed by atoms with E-state index in [1.165, 1.54) is 12.1 Å². The number of rotatable bonds is 5. The summed E-state index contributed by atoms with van der Waals surface area (Å²) >= 11 is 6.16. The Morgan fingerprint density at radius 3 is 2.93 bits per heavy atom. The third kappa shape index (κ3) is 3.60. The molecule has 3 atom stereocenters. The van der Waals surface area contributed by atoms with Crippen molar-refractivity contribution in [2.45, 2.75) is 6.04 Å². The van der Waals surface area contributed by atoms with Crippen LogP contribution in [0, 0.1) is 17.7 Å². The summed E-state index contributed by atoms with van der Waals surface area (Å²) in [7, 11) is 0. The zero-order valence-corrected chi connectivity index (χ0v) is 16.2. The highest BCUT2D eigenvalue weighted by atomic mass is 35.5. The average molecular weight is 404 g/mol. The van der Waals surface area contributed by atoms with E-state index in [1.54, 1.807) is 24.3 Å². The lowest BCUT2D eigenvalue weighted by atomic mass is 9.89. The van der Waals surface area contributed by atoms with Gasteiger partial charge in [0.2, 0.25) is 0 Å². The van der Waals surface area contributed by atoms with Gasteiger partial charge in [0.05, 0.1) is 11.6 Å². The third-order valence-electron chi connectivity index (χ3n) is 5.56. The zero-order valence-electron chi connectivity index (χ0n) is 15.4. The van der Waals surface area contributed by atoms with Gasteiger partial charge in [0, 0.05) is 37.1 Å². The number of hydrogen-bond acceptors (Lipinski definition) is 4. The van der Waals surface area contributed by atoms with Gasteiger partial charge in [-0.1, -0.05) is 23.7 Å². The summed E-state index contributed by atoms with van der Waals surface area (Å²) in [6, 6.07) is 11.4. The standard InChI is InChI=1S/C21H23ClFN3O2/c22-15-4-5-19(28-7-6-24)17(9-15)21(27)26-12-14-10-25-11-18(14)20(26)13-2-1-3-16(23)8-13/h1-5,8-9,14,18,20,25H,6-7,10-12,24H2/t14-,18-,20-/m0/s1. The van der Waals surface area contributed by atoms with Crippen molar-refractivity contribution in [3.63, 3.8) is 0 Å². The number of fused-ring (bicyclic) bond motifs is 1. The molecule has 28 heavy (non-hydrogen) atoms. The van der Waals surface area contributed by atoms with Gasteiger partial charge in [-0.05, 0) is 41.8 Å². The molecule has 2 aromatic rings. The third-order valence-corrected chi connectivity index (χ3v) is 5.80. The van der Waals surface area contributed by atoms with Gasteiger partial charge in [-0.25, -0.2) is 4.39 Å². The first-order chi connectivity index (χ1) is 13.6. The molecule has 2 aliphatic rings. The summed E-state index contributed by atoms with van der Waals surface area (Å²) in [5.41, 5.74) is 6.77. The first-order valence-corrected chi connectivity index (χ1v) is 9.86. The predicted molar refractivity (Wildman–Crippen MR) is 106 cm³/mol. The lowest BCUT2D eigenvalue weighted by Crippen LogP contribution is -2.35. The molecule has 0 radical (unpaired) electrons. The van der Waals surface area contributed by atoms with Crippen LogP contribution in [0.4, 0.5) is 4.39 Å². The molecule has 2 saturated heterocycles. The molecule has 4 rings (SSSR count). The Morgan fingerprint density at radius 2 is 2.14 bits per heavy atom. The summed E-state index contributed by atoms with van der Waals surface area (Å²) in [5.74, 6) is 0.600. The van der Waals surface area contributed by atoms with Crippen molar-refractivity contribution < 1.29 is 13.9 Å². The summed E-state index contributed by atoms with van der Waals surface area (Å²) in [6.45, 7) is 2.93. The number of carbonyl (C=O) groups is 1. The molecule has 148 valence electrons. The summed E-state index contributed by atoms with van der Waals surface area (Å²) in [5, 5.41) is 3.86. The highest BCUT2D eigenvalue weighted by molar-refractivity contribution is 6.31. The predicted octanol–water partition coefficient (Wildman–Crippen LogP) is 2.85. The van der Waals surface area contributed by atoms with Gasteiger partial charge in [-0.3, -0.25) is 4.79 Å². The van der Waals surface area contributed by atoms with E-state index >= 15 is 0 Å². The van der Waals surface area contributed by atoms with Crippen LogP contribution in [0.1, 0.15) is 22.0 Å². The van der Waals surface area contributed by atoms with Crippen LogP contribution in [0.2, 0.25) is 5.02 Å². The van der Waals surface area contributed by atoms with E-state index in [9.17, 15) is 9.18 Å². The van der Waals surface area contributed by atoms with Crippen LogP contribution >= 0.6 is 11.6 Å². The number of nitrogens with two attached hydrogens (primary N) is 1. The fourth-order valence-electron chi connectivity index (χ4n) is 4.37. The number of amides is 1. The van der Waals surface area contributed by atoms with Crippen molar-refractivity contribution in [2.75, 3.05) is 32.8 Å². The molecule has 0 aliphatic carbocycles. The Bertz CT molecular complexity index is 878. The molecule has 0 bridgehead atoms. The summed E-state index contributed by atoms with van der Waals surface area (Å²) in [6.07, 6.45) is 0. The minimum atomic E-state index is -0.297. The van der Waals surface area contributed by atoms with Crippen molar-refractivity contribution in [1.82, 2.24) is 10.2 Å². The van der Waals surface area contributed by atoms with E-state index in [2.05, 4.69) is 5.32 Å². The largest absolute Gasteiger partial charge is 0.491 e. The molecule has 2 heterocycles. The van der Waals surface area contributed by atoms with E-state index < -0.39 is 0 Å². The van der Waals surface area contributed by atoms with Gasteiger partial charge in [0.15, 0.2) is 0 Å². The van der Waals surface area contributed by atoms with Gasteiger partial charge in [0.25, 0.3) is 5.91 Å². The second kappa shape index (κ2) is 8.07. The van der Waals surface area contributed by atoms with Gasteiger partial charge >= 0.3 is 0 Å². The first-order valence-electron chi connectivity index (χ1n) is 9.48. The molecule has 0 spiro atoms. The minimum absolute atomic E-state index is 0.154. The first kappa shape index (κ1) is 19.2. The van der Waals surface area contributed by atoms with Crippen molar-refractivity contribution >= 4 is 17.5 Å². The second-order valence-corrected chi connectivity index (χ2v) is 7.75. The maximum Gasteiger partial charge on any atom is 0.258 e. The van der Waals surface area contributed by atoms with Crippen LogP contribution in [-0.4, -0.2) is 43.6 Å². The smallest absolute Gasteiger partial charge is 0.258 e. The van der Waals surface area contributed by atoms with Crippen LogP contribution in [0.15, 0.2) is 42.5 Å². The lowest BCUT2D eigenvalue weighted by Gasteiger charge is -2.29. The second-order valence-electron chi connectivity index (χ2n) is 7.32. The van der Waals surface area contributed by atoms with Crippen molar-refractivity contribution in [3.05, 3.63) is 64.4 Å². The van der Waals surface area contributed by atoms with E-state index in [0.717, 1.165) is 18.7 Å². The van der Waals surface area contributed by atoms with Crippen molar-refractivity contribution in [2.24, 2.45) is 17.6 Å². The molecule has 2 aromatic carbocycles. The molecule has 7 heteroatoms. The molecule has 0 saturated carbocycles. The quantitative estimate of drug-likeness (QED) is 0.805. The highest BCUT2D eigenvalue weighted by Gasteiger charge is 2.47. The number of halogens is 2. The zero-order chi connectivity index (χ0) is 19.7. The monoisotopic (exact) mass is 403 g/mol. The Hall–Kier alpha value is -2.15. The number of carbonyl (C=O) groups excluding carboxylic acids is 1.